The highest BCUT2D eigenvalue weighted by Gasteiger charge is 2.27. The van der Waals surface area contributed by atoms with Crippen LogP contribution in [0.25, 0.3) is 21.3 Å². The molecular formula is C28H27N3O4S. The lowest BCUT2D eigenvalue weighted by Gasteiger charge is -2.28. The number of rotatable bonds is 5. The van der Waals surface area contributed by atoms with Gasteiger partial charge in [0.05, 0.1) is 23.4 Å². The van der Waals surface area contributed by atoms with Crippen molar-refractivity contribution in [3.8, 4) is 16.9 Å². The number of nitrogens with zero attached hydrogens (tertiary/aromatic N) is 3. The second-order valence-corrected chi connectivity index (χ2v) is 10.3. The number of carbonyl (C=O) groups is 2. The quantitative estimate of drug-likeness (QED) is 0.349. The first-order chi connectivity index (χ1) is 17.2. The predicted molar refractivity (Wildman–Crippen MR) is 143 cm³/mol. The van der Waals surface area contributed by atoms with E-state index < -0.39 is 6.04 Å². The molecule has 5 rings (SSSR count). The van der Waals surface area contributed by atoms with Crippen molar-refractivity contribution in [3.05, 3.63) is 74.6 Å². The van der Waals surface area contributed by atoms with Gasteiger partial charge in [0.25, 0.3) is 11.5 Å². The van der Waals surface area contributed by atoms with E-state index >= 15 is 0 Å². The Bertz CT molecular complexity index is 1600. The third kappa shape index (κ3) is 3.82. The van der Waals surface area contributed by atoms with Gasteiger partial charge in [-0.3, -0.25) is 19.0 Å². The number of Topliss-reactive ketones (excluding diaryl/α,β-unsaturated/α-hetero) is 1. The van der Waals surface area contributed by atoms with Crippen molar-refractivity contribution in [2.45, 2.75) is 40.7 Å². The number of thiophene rings is 1. The summed E-state index contributed by atoms with van der Waals surface area (Å²) in [6, 6.07) is 10.4. The first-order valence-electron chi connectivity index (χ1n) is 11.9. The molecule has 0 aliphatic carbocycles. The zero-order valence-corrected chi connectivity index (χ0v) is 21.7. The second-order valence-electron chi connectivity index (χ2n) is 9.12. The SMILES string of the molecule is CCN1C(=O)COc2ccc(C(=O)C(C)n3cnc4sc(C)c(-c5ccc(C)c(C)c5)c4c3=O)cc21. The standard InChI is InChI=1S/C28H27N3O4S/c1-6-30-21-12-20(9-10-22(21)35-13-23(30)32)26(33)17(4)31-14-29-27-25(28(31)34)24(18(5)36-27)19-8-7-15(2)16(3)11-19/h7-12,14,17H,6,13H2,1-5H3. The summed E-state index contributed by atoms with van der Waals surface area (Å²) >= 11 is 1.48. The number of likely N-dealkylation sites (N-methyl/N-ethyl adjacent to an activating group) is 1. The minimum Gasteiger partial charge on any atom is -0.482 e. The van der Waals surface area contributed by atoms with Crippen molar-refractivity contribution in [2.24, 2.45) is 0 Å². The van der Waals surface area contributed by atoms with Gasteiger partial charge >= 0.3 is 0 Å². The summed E-state index contributed by atoms with van der Waals surface area (Å²) in [6.45, 7) is 10.1. The van der Waals surface area contributed by atoms with E-state index in [2.05, 4.69) is 31.0 Å². The Morgan fingerprint density at radius 3 is 2.61 bits per heavy atom. The Balaban J connectivity index is 1.58. The maximum absolute atomic E-state index is 13.7. The van der Waals surface area contributed by atoms with E-state index in [9.17, 15) is 14.4 Å². The molecule has 4 aromatic rings. The number of anilines is 1. The highest BCUT2D eigenvalue weighted by atomic mass is 32.1. The highest BCUT2D eigenvalue weighted by Crippen LogP contribution is 2.37. The maximum atomic E-state index is 13.7. The van der Waals surface area contributed by atoms with Gasteiger partial charge in [0, 0.05) is 22.5 Å². The fraction of sp³-hybridized carbons (Fsp3) is 0.286. The largest absolute Gasteiger partial charge is 0.482 e. The van der Waals surface area contributed by atoms with Gasteiger partial charge in [0.2, 0.25) is 0 Å². The van der Waals surface area contributed by atoms with Gasteiger partial charge in [0.1, 0.15) is 10.6 Å². The molecule has 0 radical (unpaired) electrons. The van der Waals surface area contributed by atoms with E-state index in [0.29, 0.717) is 33.8 Å². The number of hydrogen-bond donors (Lipinski definition) is 0. The molecule has 3 heterocycles. The summed E-state index contributed by atoms with van der Waals surface area (Å²) in [5, 5.41) is 0.532. The van der Waals surface area contributed by atoms with Crippen LogP contribution in [0.15, 0.2) is 47.5 Å². The van der Waals surface area contributed by atoms with Gasteiger partial charge in [-0.2, -0.15) is 0 Å². The number of aromatic nitrogens is 2. The fourth-order valence-corrected chi connectivity index (χ4v) is 5.71. The average molecular weight is 502 g/mol. The van der Waals surface area contributed by atoms with Crippen LogP contribution in [-0.2, 0) is 4.79 Å². The molecule has 0 fully saturated rings. The number of ether oxygens (including phenoxy) is 1. The van der Waals surface area contributed by atoms with Crippen LogP contribution in [0.4, 0.5) is 5.69 Å². The van der Waals surface area contributed by atoms with E-state index in [1.54, 1.807) is 30.0 Å². The summed E-state index contributed by atoms with van der Waals surface area (Å²) < 4.78 is 6.92. The molecule has 0 spiro atoms. The molecule has 1 aliphatic rings. The average Bonchev–Trinajstić information content (AvgIpc) is 3.21. The number of ketones is 1. The molecule has 2 aromatic carbocycles. The van der Waals surface area contributed by atoms with E-state index in [-0.39, 0.29) is 23.9 Å². The molecule has 8 heteroatoms. The lowest BCUT2D eigenvalue weighted by atomic mass is 9.99. The van der Waals surface area contributed by atoms with Gasteiger partial charge in [-0.1, -0.05) is 18.2 Å². The van der Waals surface area contributed by atoms with Crippen molar-refractivity contribution < 1.29 is 14.3 Å². The third-order valence-corrected chi connectivity index (χ3v) is 7.92. The number of amides is 1. The van der Waals surface area contributed by atoms with E-state index in [0.717, 1.165) is 21.6 Å². The Hall–Kier alpha value is -3.78. The fourth-order valence-electron chi connectivity index (χ4n) is 4.71. The Morgan fingerprint density at radius 2 is 1.89 bits per heavy atom. The van der Waals surface area contributed by atoms with Crippen LogP contribution in [0.3, 0.4) is 0 Å². The molecule has 1 unspecified atom stereocenters. The zero-order chi connectivity index (χ0) is 25.7. The molecular weight excluding hydrogens is 474 g/mol. The molecule has 0 bridgehead atoms. The van der Waals surface area contributed by atoms with Crippen molar-refractivity contribution in [2.75, 3.05) is 18.1 Å². The molecule has 1 atom stereocenters. The van der Waals surface area contributed by atoms with Gasteiger partial charge in [-0.05, 0) is 69.5 Å². The predicted octanol–water partition coefficient (Wildman–Crippen LogP) is 5.24. The number of carbonyl (C=O) groups excluding carboxylic acids is 2. The molecule has 1 amide bonds. The molecule has 7 nitrogen and oxygen atoms in total. The topological polar surface area (TPSA) is 81.5 Å². The summed E-state index contributed by atoms with van der Waals surface area (Å²) in [5.41, 5.74) is 4.90. The van der Waals surface area contributed by atoms with Crippen molar-refractivity contribution in [1.29, 1.82) is 0 Å². The van der Waals surface area contributed by atoms with Crippen LogP contribution < -0.4 is 15.2 Å². The van der Waals surface area contributed by atoms with Crippen molar-refractivity contribution in [1.82, 2.24) is 9.55 Å². The maximum Gasteiger partial charge on any atom is 0.265 e. The molecule has 0 N–H and O–H groups in total. The van der Waals surface area contributed by atoms with Crippen molar-refractivity contribution >= 4 is 38.9 Å². The lowest BCUT2D eigenvalue weighted by molar-refractivity contribution is -0.121. The first-order valence-corrected chi connectivity index (χ1v) is 12.7. The van der Waals surface area contributed by atoms with Crippen molar-refractivity contribution in [3.63, 3.8) is 0 Å². The molecule has 1 aliphatic heterocycles. The summed E-state index contributed by atoms with van der Waals surface area (Å²) in [5.74, 6) is 0.169. The lowest BCUT2D eigenvalue weighted by Crippen LogP contribution is -2.38. The Morgan fingerprint density at radius 1 is 1.11 bits per heavy atom. The van der Waals surface area contributed by atoms with Crippen LogP contribution in [0.2, 0.25) is 0 Å². The molecule has 184 valence electrons. The van der Waals surface area contributed by atoms with Gasteiger partial charge in [-0.25, -0.2) is 4.98 Å². The Labute approximate surface area is 213 Å². The molecule has 0 saturated carbocycles. The van der Waals surface area contributed by atoms with Crippen LogP contribution in [-0.4, -0.2) is 34.4 Å². The summed E-state index contributed by atoms with van der Waals surface area (Å²) in [4.78, 5) is 47.3. The van der Waals surface area contributed by atoms with Crippen LogP contribution in [0.5, 0.6) is 5.75 Å². The van der Waals surface area contributed by atoms with Gasteiger partial charge in [-0.15, -0.1) is 11.3 Å². The minimum atomic E-state index is -0.782. The smallest absolute Gasteiger partial charge is 0.265 e. The third-order valence-electron chi connectivity index (χ3n) is 6.91. The highest BCUT2D eigenvalue weighted by molar-refractivity contribution is 7.19. The number of hydrogen-bond acceptors (Lipinski definition) is 6. The second kappa shape index (κ2) is 9.02. The van der Waals surface area contributed by atoms with Gasteiger partial charge < -0.3 is 9.64 Å². The molecule has 2 aromatic heterocycles. The Kier molecular flexibility index (Phi) is 6.00. The normalized spacial score (nSPS) is 14.0. The summed E-state index contributed by atoms with van der Waals surface area (Å²) in [6.07, 6.45) is 1.46. The van der Waals surface area contributed by atoms with E-state index in [1.165, 1.54) is 27.8 Å². The van der Waals surface area contributed by atoms with Crippen LogP contribution >= 0.6 is 11.3 Å². The minimum absolute atomic E-state index is 0.0193. The summed E-state index contributed by atoms with van der Waals surface area (Å²) in [7, 11) is 0. The van der Waals surface area contributed by atoms with Gasteiger partial charge in [0.15, 0.2) is 12.4 Å². The number of benzene rings is 2. The van der Waals surface area contributed by atoms with E-state index in [1.807, 2.05) is 19.9 Å². The molecule has 36 heavy (non-hydrogen) atoms. The number of fused-ring (bicyclic) bond motifs is 2. The van der Waals surface area contributed by atoms with Crippen LogP contribution in [0.1, 0.15) is 46.3 Å². The van der Waals surface area contributed by atoms with E-state index in [4.69, 9.17) is 4.74 Å². The number of aryl methyl sites for hydroxylation is 3. The molecule has 0 saturated heterocycles. The van der Waals surface area contributed by atoms with Crippen LogP contribution in [0, 0.1) is 20.8 Å². The zero-order valence-electron chi connectivity index (χ0n) is 20.9. The first kappa shape index (κ1) is 23.9. The monoisotopic (exact) mass is 501 g/mol.